The third-order valence-corrected chi connectivity index (χ3v) is 5.81. The van der Waals surface area contributed by atoms with E-state index in [1.165, 1.54) is 6.07 Å². The lowest BCUT2D eigenvalue weighted by Crippen LogP contribution is -2.37. The van der Waals surface area contributed by atoms with Crippen LogP contribution in [0.15, 0.2) is 59.5 Å². The summed E-state index contributed by atoms with van der Waals surface area (Å²) < 4.78 is 13.6. The number of pyridine rings is 2. The van der Waals surface area contributed by atoms with Crippen molar-refractivity contribution in [2.75, 3.05) is 13.2 Å². The van der Waals surface area contributed by atoms with Crippen molar-refractivity contribution in [1.29, 1.82) is 0 Å². The van der Waals surface area contributed by atoms with Gasteiger partial charge in [-0.2, -0.15) is 0 Å². The minimum absolute atomic E-state index is 0.0117. The molecule has 1 amide bonds. The fraction of sp³-hybridized carbons (Fsp3) is 0.346. The number of aryl methyl sites for hydroxylation is 2. The van der Waals surface area contributed by atoms with E-state index in [-0.39, 0.29) is 23.7 Å². The zero-order chi connectivity index (χ0) is 23.2. The first-order valence-electron chi connectivity index (χ1n) is 11.2. The van der Waals surface area contributed by atoms with Crippen LogP contribution >= 0.6 is 0 Å². The van der Waals surface area contributed by atoms with Crippen molar-refractivity contribution in [3.8, 4) is 5.75 Å². The predicted octanol–water partition coefficient (Wildman–Crippen LogP) is 3.40. The molecule has 33 heavy (non-hydrogen) atoms. The van der Waals surface area contributed by atoms with E-state index >= 15 is 0 Å². The van der Waals surface area contributed by atoms with Gasteiger partial charge in [0.15, 0.2) is 5.43 Å². The van der Waals surface area contributed by atoms with Crippen LogP contribution in [-0.2, 0) is 17.9 Å². The van der Waals surface area contributed by atoms with Crippen molar-refractivity contribution < 1.29 is 14.3 Å². The molecule has 1 N–H and O–H groups in total. The molecule has 0 spiro atoms. The Balaban J connectivity index is 1.67. The Morgan fingerprint density at radius 3 is 2.73 bits per heavy atom. The van der Waals surface area contributed by atoms with Gasteiger partial charge in [-0.15, -0.1) is 0 Å². The molecule has 0 bridgehead atoms. The summed E-state index contributed by atoms with van der Waals surface area (Å²) in [6.45, 7) is 5.45. The summed E-state index contributed by atoms with van der Waals surface area (Å²) in [6.07, 6.45) is 3.60. The number of hydrogen-bond acceptors (Lipinski definition) is 5. The second-order valence-electron chi connectivity index (χ2n) is 8.33. The van der Waals surface area contributed by atoms with Gasteiger partial charge in [0.2, 0.25) is 0 Å². The van der Waals surface area contributed by atoms with E-state index in [1.54, 1.807) is 6.20 Å². The normalized spacial score (nSPS) is 15.4. The average molecular weight is 448 g/mol. The van der Waals surface area contributed by atoms with Gasteiger partial charge in [-0.05, 0) is 51.0 Å². The summed E-state index contributed by atoms with van der Waals surface area (Å²) in [4.78, 5) is 30.6. The molecule has 1 aliphatic rings. The number of ether oxygens (including phenoxy) is 2. The Morgan fingerprint density at radius 1 is 1.21 bits per heavy atom. The Hall–Kier alpha value is -3.45. The van der Waals surface area contributed by atoms with Crippen molar-refractivity contribution in [2.45, 2.75) is 45.9 Å². The Kier molecular flexibility index (Phi) is 7.19. The van der Waals surface area contributed by atoms with Gasteiger partial charge in [-0.1, -0.05) is 23.8 Å². The largest absolute Gasteiger partial charge is 0.487 e. The molecular weight excluding hydrogens is 418 g/mol. The van der Waals surface area contributed by atoms with Gasteiger partial charge in [-0.25, -0.2) is 0 Å². The highest BCUT2D eigenvalue weighted by Crippen LogP contribution is 2.18. The van der Waals surface area contributed by atoms with Crippen molar-refractivity contribution >= 4 is 5.91 Å². The van der Waals surface area contributed by atoms with Crippen LogP contribution in [0.5, 0.6) is 5.75 Å². The number of benzene rings is 1. The number of hydrogen-bond donors (Lipinski definition) is 1. The highest BCUT2D eigenvalue weighted by atomic mass is 16.5. The van der Waals surface area contributed by atoms with Gasteiger partial charge in [0.25, 0.3) is 5.91 Å². The van der Waals surface area contributed by atoms with E-state index in [1.807, 2.05) is 60.9 Å². The molecule has 4 rings (SSSR count). The van der Waals surface area contributed by atoms with E-state index in [4.69, 9.17) is 9.47 Å². The molecule has 1 aliphatic heterocycles. The van der Waals surface area contributed by atoms with Crippen LogP contribution in [0.1, 0.15) is 45.8 Å². The van der Waals surface area contributed by atoms with E-state index in [0.29, 0.717) is 31.1 Å². The number of nitrogens with zero attached hydrogens (tertiary/aromatic N) is 2. The molecule has 7 nitrogen and oxygen atoms in total. The first kappa shape index (κ1) is 22.7. The monoisotopic (exact) mass is 447 g/mol. The molecule has 0 saturated carbocycles. The van der Waals surface area contributed by atoms with Gasteiger partial charge in [0.1, 0.15) is 17.9 Å². The molecule has 3 heterocycles. The first-order chi connectivity index (χ1) is 16.0. The summed E-state index contributed by atoms with van der Waals surface area (Å²) in [6, 6.07) is 14.9. The topological polar surface area (TPSA) is 82.5 Å². The van der Waals surface area contributed by atoms with Crippen LogP contribution in [0.25, 0.3) is 0 Å². The third kappa shape index (κ3) is 5.68. The molecule has 1 fully saturated rings. The molecule has 0 unspecified atom stereocenters. The molecule has 0 aliphatic carbocycles. The van der Waals surface area contributed by atoms with Crippen LogP contribution in [-0.4, -0.2) is 34.7 Å². The van der Waals surface area contributed by atoms with Crippen molar-refractivity contribution in [3.05, 3.63) is 93.2 Å². The second kappa shape index (κ2) is 10.4. The maximum Gasteiger partial charge on any atom is 0.257 e. The van der Waals surface area contributed by atoms with E-state index in [2.05, 4.69) is 10.3 Å². The standard InChI is InChI=1S/C26H29N3O4/c1-18-8-10-21(11-9-18)33-17-23-25(26(31)28-15-22-7-5-13-32-22)24(30)14-19(2)29(23)16-20-6-3-4-12-27-20/h3-4,6,8-12,14,22H,5,7,13,15-17H2,1-2H3,(H,28,31)/t22-/m0/s1. The number of amides is 1. The maximum absolute atomic E-state index is 13.2. The Bertz CT molecular complexity index is 1150. The summed E-state index contributed by atoms with van der Waals surface area (Å²) in [5.74, 6) is 0.262. The van der Waals surface area contributed by atoms with Crippen LogP contribution in [0.3, 0.4) is 0 Å². The molecule has 3 aromatic rings. The number of nitrogens with one attached hydrogen (secondary N) is 1. The third-order valence-electron chi connectivity index (χ3n) is 5.81. The number of carbonyl (C=O) groups is 1. The van der Waals surface area contributed by atoms with E-state index in [0.717, 1.165) is 29.8 Å². The highest BCUT2D eigenvalue weighted by Gasteiger charge is 2.23. The lowest BCUT2D eigenvalue weighted by atomic mass is 10.1. The zero-order valence-electron chi connectivity index (χ0n) is 19.0. The SMILES string of the molecule is Cc1ccc(OCc2c(C(=O)NC[C@@H]3CCCO3)c(=O)cc(C)n2Cc2ccccn2)cc1. The molecular formula is C26H29N3O4. The van der Waals surface area contributed by atoms with Crippen molar-refractivity contribution in [2.24, 2.45) is 0 Å². The van der Waals surface area contributed by atoms with Crippen molar-refractivity contribution in [1.82, 2.24) is 14.9 Å². The molecule has 1 atom stereocenters. The molecule has 1 aromatic carbocycles. The molecule has 7 heteroatoms. The lowest BCUT2D eigenvalue weighted by Gasteiger charge is -2.21. The lowest BCUT2D eigenvalue weighted by molar-refractivity contribution is 0.0853. The number of carbonyl (C=O) groups excluding carboxylic acids is 1. The van der Waals surface area contributed by atoms with Crippen LogP contribution in [0.2, 0.25) is 0 Å². The zero-order valence-corrected chi connectivity index (χ0v) is 19.0. The smallest absolute Gasteiger partial charge is 0.257 e. The van der Waals surface area contributed by atoms with Crippen molar-refractivity contribution in [3.63, 3.8) is 0 Å². The van der Waals surface area contributed by atoms with Gasteiger partial charge in [0, 0.05) is 31.1 Å². The molecule has 1 saturated heterocycles. The van der Waals surface area contributed by atoms with E-state index < -0.39 is 5.91 Å². The van der Waals surface area contributed by atoms with Crippen LogP contribution in [0, 0.1) is 13.8 Å². The molecule has 172 valence electrons. The Morgan fingerprint density at radius 2 is 2.03 bits per heavy atom. The van der Waals surface area contributed by atoms with Crippen LogP contribution in [0.4, 0.5) is 0 Å². The van der Waals surface area contributed by atoms with E-state index in [9.17, 15) is 9.59 Å². The average Bonchev–Trinajstić information content (AvgIpc) is 3.33. The number of aromatic nitrogens is 2. The Labute approximate surface area is 193 Å². The first-order valence-corrected chi connectivity index (χ1v) is 11.2. The fourth-order valence-corrected chi connectivity index (χ4v) is 3.98. The summed E-state index contributed by atoms with van der Waals surface area (Å²) >= 11 is 0. The summed E-state index contributed by atoms with van der Waals surface area (Å²) in [7, 11) is 0. The highest BCUT2D eigenvalue weighted by molar-refractivity contribution is 5.95. The molecule has 2 aromatic heterocycles. The summed E-state index contributed by atoms with van der Waals surface area (Å²) in [5, 5.41) is 2.89. The number of rotatable bonds is 8. The minimum Gasteiger partial charge on any atom is -0.487 e. The second-order valence-corrected chi connectivity index (χ2v) is 8.33. The molecule has 0 radical (unpaired) electrons. The maximum atomic E-state index is 13.2. The minimum atomic E-state index is -0.409. The quantitative estimate of drug-likeness (QED) is 0.572. The van der Waals surface area contributed by atoms with Gasteiger partial charge in [0.05, 0.1) is 24.0 Å². The van der Waals surface area contributed by atoms with Gasteiger partial charge in [-0.3, -0.25) is 14.6 Å². The fourth-order valence-electron chi connectivity index (χ4n) is 3.98. The predicted molar refractivity (Wildman–Crippen MR) is 126 cm³/mol. The van der Waals surface area contributed by atoms with Gasteiger partial charge >= 0.3 is 0 Å². The van der Waals surface area contributed by atoms with Crippen LogP contribution < -0.4 is 15.5 Å². The van der Waals surface area contributed by atoms with Gasteiger partial charge < -0.3 is 19.4 Å². The summed E-state index contributed by atoms with van der Waals surface area (Å²) in [5.41, 5.74) is 2.99.